The van der Waals surface area contributed by atoms with Crippen molar-refractivity contribution in [3.63, 3.8) is 0 Å². The summed E-state index contributed by atoms with van der Waals surface area (Å²) in [4.78, 5) is 34.0. The lowest BCUT2D eigenvalue weighted by Gasteiger charge is -2.42. The van der Waals surface area contributed by atoms with Gasteiger partial charge in [0, 0.05) is 65.6 Å². The van der Waals surface area contributed by atoms with Crippen LogP contribution in [-0.4, -0.2) is 111 Å². The molecule has 192 valence electrons. The van der Waals surface area contributed by atoms with Crippen molar-refractivity contribution in [2.45, 2.75) is 31.9 Å². The van der Waals surface area contributed by atoms with Crippen LogP contribution in [0.3, 0.4) is 0 Å². The van der Waals surface area contributed by atoms with Gasteiger partial charge in [-0.3, -0.25) is 19.4 Å². The molecular weight excluding hydrogens is 446 g/mol. The van der Waals surface area contributed by atoms with Gasteiger partial charge in [0.15, 0.2) is 0 Å². The normalized spacial score (nSPS) is 30.1. The minimum atomic E-state index is -0.261. The average molecular weight is 486 g/mol. The zero-order chi connectivity index (χ0) is 24.2. The zero-order valence-corrected chi connectivity index (χ0v) is 20.8. The van der Waals surface area contributed by atoms with Crippen LogP contribution in [0.15, 0.2) is 30.3 Å². The van der Waals surface area contributed by atoms with Crippen molar-refractivity contribution in [3.8, 4) is 0 Å². The molecule has 4 aliphatic heterocycles. The summed E-state index contributed by atoms with van der Waals surface area (Å²) >= 11 is 0. The van der Waals surface area contributed by atoms with Crippen LogP contribution in [0.25, 0.3) is 0 Å². The molecule has 0 bridgehead atoms. The highest BCUT2D eigenvalue weighted by atomic mass is 16.5. The number of carbonyl (C=O) groups excluding carboxylic acids is 2. The van der Waals surface area contributed by atoms with E-state index in [4.69, 9.17) is 9.47 Å². The van der Waals surface area contributed by atoms with Crippen LogP contribution in [0, 0.1) is 11.8 Å². The van der Waals surface area contributed by atoms with Gasteiger partial charge in [-0.05, 0) is 31.9 Å². The number of amides is 2. The molecule has 1 aromatic carbocycles. The summed E-state index contributed by atoms with van der Waals surface area (Å²) in [6, 6.07) is 9.50. The van der Waals surface area contributed by atoms with Gasteiger partial charge in [-0.25, -0.2) is 10.4 Å². The van der Waals surface area contributed by atoms with Crippen molar-refractivity contribution < 1.29 is 19.1 Å². The quantitative estimate of drug-likeness (QED) is 0.546. The lowest BCUT2D eigenvalue weighted by Crippen LogP contribution is -2.60. The number of rotatable bonds is 8. The van der Waals surface area contributed by atoms with Gasteiger partial charge in [0.2, 0.25) is 11.8 Å². The molecule has 9 nitrogen and oxygen atoms in total. The van der Waals surface area contributed by atoms with Crippen LogP contribution >= 0.6 is 0 Å². The molecule has 5 rings (SSSR count). The summed E-state index contributed by atoms with van der Waals surface area (Å²) in [5.41, 5.74) is 4.26. The van der Waals surface area contributed by atoms with Gasteiger partial charge in [0.25, 0.3) is 0 Å². The first-order chi connectivity index (χ1) is 17.1. The van der Waals surface area contributed by atoms with Crippen molar-refractivity contribution in [1.29, 1.82) is 0 Å². The third-order valence-electron chi connectivity index (χ3n) is 7.85. The number of hydrogen-bond acceptors (Lipinski definition) is 7. The Balaban J connectivity index is 1.29. The van der Waals surface area contributed by atoms with Crippen molar-refractivity contribution in [2.24, 2.45) is 11.8 Å². The lowest BCUT2D eigenvalue weighted by molar-refractivity contribution is -0.141. The topological polar surface area (TPSA) is 77.6 Å². The predicted molar refractivity (Wildman–Crippen MR) is 133 cm³/mol. The molecule has 0 radical (unpaired) electrons. The maximum absolute atomic E-state index is 13.9. The summed E-state index contributed by atoms with van der Waals surface area (Å²) in [7, 11) is 0. The van der Waals surface area contributed by atoms with Crippen LogP contribution in [-0.2, 0) is 19.1 Å². The van der Waals surface area contributed by atoms with E-state index in [0.29, 0.717) is 13.1 Å². The standard InChI is InChI=1S/C26H39N5O4/c1-2-34-16-14-28-10-12-30(13-11-28)25(32)22-18-29(17-21-9-6-15-35-21)19-23-24(22)27-31(26(23)33)20-7-4-3-5-8-20/h3-5,7-8,21-24,27H,2,6,9-19H2,1H3. The highest BCUT2D eigenvalue weighted by molar-refractivity contribution is 5.98. The van der Waals surface area contributed by atoms with E-state index in [1.54, 1.807) is 5.01 Å². The number of carbonyl (C=O) groups is 2. The number of piperazine rings is 1. The monoisotopic (exact) mass is 485 g/mol. The fourth-order valence-corrected chi connectivity index (χ4v) is 5.93. The number of para-hydroxylation sites is 1. The number of likely N-dealkylation sites (tertiary alicyclic amines) is 1. The van der Waals surface area contributed by atoms with E-state index in [1.807, 2.05) is 42.2 Å². The number of nitrogens with zero attached hydrogens (tertiary/aromatic N) is 4. The number of piperidine rings is 1. The maximum atomic E-state index is 13.9. The van der Waals surface area contributed by atoms with E-state index >= 15 is 0 Å². The minimum Gasteiger partial charge on any atom is -0.380 e. The van der Waals surface area contributed by atoms with E-state index in [0.717, 1.165) is 77.6 Å². The molecule has 0 spiro atoms. The van der Waals surface area contributed by atoms with E-state index in [-0.39, 0.29) is 35.8 Å². The third-order valence-corrected chi connectivity index (χ3v) is 7.85. The SMILES string of the molecule is CCOCCN1CCN(C(=O)C2CN(CC3CCCO3)CC3C(=O)N(c4ccccc4)NC23)CC1. The molecule has 0 saturated carbocycles. The van der Waals surface area contributed by atoms with Crippen LogP contribution in [0.2, 0.25) is 0 Å². The largest absolute Gasteiger partial charge is 0.380 e. The summed E-state index contributed by atoms with van der Waals surface area (Å²) < 4.78 is 11.4. The number of fused-ring (bicyclic) bond motifs is 1. The third kappa shape index (κ3) is 5.54. The highest BCUT2D eigenvalue weighted by Crippen LogP contribution is 2.33. The molecule has 1 N–H and O–H groups in total. The van der Waals surface area contributed by atoms with E-state index in [1.165, 1.54) is 0 Å². The number of hydrazine groups is 1. The number of benzene rings is 1. The van der Waals surface area contributed by atoms with Crippen molar-refractivity contribution in [1.82, 2.24) is 20.1 Å². The molecule has 0 aromatic heterocycles. The van der Waals surface area contributed by atoms with Crippen LogP contribution in [0.1, 0.15) is 19.8 Å². The van der Waals surface area contributed by atoms with Gasteiger partial charge in [-0.15, -0.1) is 0 Å². The highest BCUT2D eigenvalue weighted by Gasteiger charge is 2.52. The molecule has 4 saturated heterocycles. The van der Waals surface area contributed by atoms with Gasteiger partial charge in [0.05, 0.1) is 36.3 Å². The predicted octanol–water partition coefficient (Wildman–Crippen LogP) is 0.814. The lowest BCUT2D eigenvalue weighted by atomic mass is 9.83. The Hall–Kier alpha value is -2.04. The Labute approximate surface area is 208 Å². The minimum absolute atomic E-state index is 0.0526. The Morgan fingerprint density at radius 3 is 2.63 bits per heavy atom. The molecule has 1 aromatic rings. The fourth-order valence-electron chi connectivity index (χ4n) is 5.93. The summed E-state index contributed by atoms with van der Waals surface area (Å²) in [5, 5.41) is 1.66. The Morgan fingerprint density at radius 1 is 1.11 bits per heavy atom. The fraction of sp³-hybridized carbons (Fsp3) is 0.692. The molecule has 0 aliphatic carbocycles. The summed E-state index contributed by atoms with van der Waals surface area (Å²) in [6.07, 6.45) is 2.34. The molecule has 35 heavy (non-hydrogen) atoms. The number of nitrogens with one attached hydrogen (secondary N) is 1. The summed E-state index contributed by atoms with van der Waals surface area (Å²) in [6.45, 7) is 10.5. The second-order valence-electron chi connectivity index (χ2n) is 10.1. The first kappa shape index (κ1) is 24.6. The number of ether oxygens (including phenoxy) is 2. The number of anilines is 1. The molecule has 4 aliphatic rings. The zero-order valence-electron chi connectivity index (χ0n) is 20.8. The van der Waals surface area contributed by atoms with Crippen LogP contribution in [0.5, 0.6) is 0 Å². The van der Waals surface area contributed by atoms with Gasteiger partial charge in [-0.2, -0.15) is 0 Å². The van der Waals surface area contributed by atoms with Gasteiger partial charge >= 0.3 is 0 Å². The molecule has 4 fully saturated rings. The molecule has 4 atom stereocenters. The van der Waals surface area contributed by atoms with E-state index < -0.39 is 0 Å². The smallest absolute Gasteiger partial charge is 0.247 e. The Morgan fingerprint density at radius 2 is 1.91 bits per heavy atom. The van der Waals surface area contributed by atoms with E-state index in [9.17, 15) is 9.59 Å². The molecule has 9 heteroatoms. The molecule has 4 unspecified atom stereocenters. The van der Waals surface area contributed by atoms with Crippen LogP contribution < -0.4 is 10.4 Å². The maximum Gasteiger partial charge on any atom is 0.247 e. The second-order valence-corrected chi connectivity index (χ2v) is 10.1. The van der Waals surface area contributed by atoms with Crippen molar-refractivity contribution in [2.75, 3.05) is 77.2 Å². The molecular formula is C26H39N5O4. The molecule has 4 heterocycles. The Kier molecular flexibility index (Phi) is 7.99. The first-order valence-electron chi connectivity index (χ1n) is 13.2. The molecule has 2 amide bonds. The van der Waals surface area contributed by atoms with E-state index in [2.05, 4.69) is 15.2 Å². The van der Waals surface area contributed by atoms with Gasteiger partial charge in [0.1, 0.15) is 0 Å². The summed E-state index contributed by atoms with van der Waals surface area (Å²) in [5.74, 6) is -0.289. The van der Waals surface area contributed by atoms with Gasteiger partial charge in [-0.1, -0.05) is 18.2 Å². The van der Waals surface area contributed by atoms with Crippen molar-refractivity contribution >= 4 is 17.5 Å². The Bertz CT molecular complexity index is 857. The second kappa shape index (κ2) is 11.3. The average Bonchev–Trinajstić information content (AvgIpc) is 3.52. The first-order valence-corrected chi connectivity index (χ1v) is 13.2. The van der Waals surface area contributed by atoms with Gasteiger partial charge < -0.3 is 14.4 Å². The number of hydrogen-bond donors (Lipinski definition) is 1. The van der Waals surface area contributed by atoms with Crippen LogP contribution in [0.4, 0.5) is 5.69 Å². The van der Waals surface area contributed by atoms with Crippen molar-refractivity contribution in [3.05, 3.63) is 30.3 Å².